The van der Waals surface area contributed by atoms with Gasteiger partial charge >= 0.3 is 6.03 Å². The Morgan fingerprint density at radius 3 is 2.39 bits per heavy atom. The number of rotatable bonds is 4. The van der Waals surface area contributed by atoms with Crippen LogP contribution in [0, 0.1) is 0 Å². The summed E-state index contributed by atoms with van der Waals surface area (Å²) in [5.74, 6) is 0. The number of amides is 2. The second-order valence-corrected chi connectivity index (χ2v) is 5.82. The molecule has 0 aromatic heterocycles. The highest BCUT2D eigenvalue weighted by Crippen LogP contribution is 2.09. The van der Waals surface area contributed by atoms with Crippen molar-refractivity contribution in [1.82, 2.24) is 15.5 Å². The molecule has 2 amide bonds. The lowest BCUT2D eigenvalue weighted by Gasteiger charge is -2.35. The first-order valence-electron chi connectivity index (χ1n) is 6.76. The fraction of sp³-hybridized carbons (Fsp3) is 0.923. The van der Waals surface area contributed by atoms with Gasteiger partial charge in [-0.25, -0.2) is 4.79 Å². The van der Waals surface area contributed by atoms with Crippen LogP contribution < -0.4 is 10.6 Å². The zero-order valence-corrected chi connectivity index (χ0v) is 12.2. The van der Waals surface area contributed by atoms with E-state index < -0.39 is 0 Å². The molecule has 0 aromatic carbocycles. The summed E-state index contributed by atoms with van der Waals surface area (Å²) in [5.41, 5.74) is -0.157. The molecule has 1 rings (SSSR count). The molecule has 1 fully saturated rings. The van der Waals surface area contributed by atoms with Crippen molar-refractivity contribution in [2.45, 2.75) is 58.8 Å². The normalized spacial score (nSPS) is 25.8. The Kier molecular flexibility index (Phi) is 5.41. The predicted molar refractivity (Wildman–Crippen MR) is 72.5 cm³/mol. The van der Waals surface area contributed by atoms with Gasteiger partial charge in [-0.3, -0.25) is 4.90 Å². The van der Waals surface area contributed by atoms with Crippen molar-refractivity contribution < 1.29 is 9.53 Å². The molecule has 106 valence electrons. The van der Waals surface area contributed by atoms with Crippen molar-refractivity contribution in [3.05, 3.63) is 0 Å². The molecule has 0 aromatic rings. The van der Waals surface area contributed by atoms with Gasteiger partial charge in [0.25, 0.3) is 0 Å². The standard InChI is InChI=1S/C13H27N3O2/c1-6-13(4,5)15-12(17)14-9-16-7-10(2)18-11(3)8-16/h10-11H,6-9H2,1-5H3,(H2,14,15,17). The molecule has 0 radical (unpaired) electrons. The Hall–Kier alpha value is -0.810. The molecule has 1 saturated heterocycles. The van der Waals surface area contributed by atoms with E-state index in [0.717, 1.165) is 19.5 Å². The number of carbonyl (C=O) groups excluding carboxylic acids is 1. The van der Waals surface area contributed by atoms with Gasteiger partial charge in [-0.2, -0.15) is 0 Å². The molecule has 1 aliphatic heterocycles. The minimum absolute atomic E-state index is 0.103. The first-order valence-corrected chi connectivity index (χ1v) is 6.76. The molecule has 18 heavy (non-hydrogen) atoms. The first kappa shape index (κ1) is 15.2. The minimum atomic E-state index is -0.157. The highest BCUT2D eigenvalue weighted by atomic mass is 16.5. The van der Waals surface area contributed by atoms with Crippen molar-refractivity contribution in [1.29, 1.82) is 0 Å². The molecule has 1 heterocycles. The lowest BCUT2D eigenvalue weighted by Crippen LogP contribution is -2.53. The summed E-state index contributed by atoms with van der Waals surface area (Å²) in [6.07, 6.45) is 1.36. The topological polar surface area (TPSA) is 53.6 Å². The first-order chi connectivity index (χ1) is 8.32. The maximum absolute atomic E-state index is 11.7. The third kappa shape index (κ3) is 5.23. The molecular weight excluding hydrogens is 230 g/mol. The van der Waals surface area contributed by atoms with E-state index in [4.69, 9.17) is 4.74 Å². The average molecular weight is 257 g/mol. The number of carbonyl (C=O) groups is 1. The van der Waals surface area contributed by atoms with Crippen molar-refractivity contribution in [3.8, 4) is 0 Å². The predicted octanol–water partition coefficient (Wildman–Crippen LogP) is 1.54. The highest BCUT2D eigenvalue weighted by Gasteiger charge is 2.23. The maximum atomic E-state index is 11.7. The largest absolute Gasteiger partial charge is 0.373 e. The van der Waals surface area contributed by atoms with Crippen LogP contribution in [0.3, 0.4) is 0 Å². The van der Waals surface area contributed by atoms with Crippen LogP contribution in [0.4, 0.5) is 4.79 Å². The summed E-state index contributed by atoms with van der Waals surface area (Å²) >= 11 is 0. The SMILES string of the molecule is CCC(C)(C)NC(=O)NCN1CC(C)OC(C)C1. The Morgan fingerprint density at radius 1 is 1.33 bits per heavy atom. The van der Waals surface area contributed by atoms with Crippen LogP contribution in [0.1, 0.15) is 41.0 Å². The number of morpholine rings is 1. The van der Waals surface area contributed by atoms with Crippen molar-refractivity contribution >= 4 is 6.03 Å². The van der Waals surface area contributed by atoms with Gasteiger partial charge in [0, 0.05) is 18.6 Å². The monoisotopic (exact) mass is 257 g/mol. The number of hydrogen-bond donors (Lipinski definition) is 2. The molecule has 0 aliphatic carbocycles. The van der Waals surface area contributed by atoms with Gasteiger partial charge in [0.15, 0.2) is 0 Å². The van der Waals surface area contributed by atoms with Crippen LogP contribution in [0.15, 0.2) is 0 Å². The smallest absolute Gasteiger partial charge is 0.316 e. The maximum Gasteiger partial charge on any atom is 0.316 e. The van der Waals surface area contributed by atoms with Crippen LogP contribution in [-0.4, -0.2) is 48.4 Å². The third-order valence-corrected chi connectivity index (χ3v) is 3.29. The van der Waals surface area contributed by atoms with E-state index in [1.165, 1.54) is 0 Å². The lowest BCUT2D eigenvalue weighted by atomic mass is 10.0. The summed E-state index contributed by atoms with van der Waals surface area (Å²) in [4.78, 5) is 13.9. The number of nitrogens with one attached hydrogen (secondary N) is 2. The molecule has 2 atom stereocenters. The molecular formula is C13H27N3O2. The number of nitrogens with zero attached hydrogens (tertiary/aromatic N) is 1. The van der Waals surface area contributed by atoms with Gasteiger partial charge in [0.05, 0.1) is 18.9 Å². The average Bonchev–Trinajstić information content (AvgIpc) is 2.24. The van der Waals surface area contributed by atoms with E-state index in [-0.39, 0.29) is 23.8 Å². The zero-order valence-electron chi connectivity index (χ0n) is 12.2. The fourth-order valence-corrected chi connectivity index (χ4v) is 2.04. The van der Waals surface area contributed by atoms with Crippen LogP contribution in [0.5, 0.6) is 0 Å². The molecule has 2 N–H and O–H groups in total. The van der Waals surface area contributed by atoms with Crippen LogP contribution in [0.2, 0.25) is 0 Å². The number of urea groups is 1. The van der Waals surface area contributed by atoms with Gasteiger partial charge in [0.1, 0.15) is 0 Å². The summed E-state index contributed by atoms with van der Waals surface area (Å²) < 4.78 is 5.65. The molecule has 5 heteroatoms. The minimum Gasteiger partial charge on any atom is -0.373 e. The quantitative estimate of drug-likeness (QED) is 0.803. The summed E-state index contributed by atoms with van der Waals surface area (Å²) in [6.45, 7) is 12.5. The fourth-order valence-electron chi connectivity index (χ4n) is 2.04. The zero-order chi connectivity index (χ0) is 13.8. The van der Waals surface area contributed by atoms with Crippen LogP contribution in [0.25, 0.3) is 0 Å². The van der Waals surface area contributed by atoms with E-state index in [1.54, 1.807) is 0 Å². The highest BCUT2D eigenvalue weighted by molar-refractivity contribution is 5.74. The van der Waals surface area contributed by atoms with Gasteiger partial charge in [0.2, 0.25) is 0 Å². The number of hydrogen-bond acceptors (Lipinski definition) is 3. The van der Waals surface area contributed by atoms with E-state index in [1.807, 2.05) is 13.8 Å². The van der Waals surface area contributed by atoms with Gasteiger partial charge in [-0.05, 0) is 34.1 Å². The summed E-state index contributed by atoms with van der Waals surface area (Å²) in [5, 5.41) is 5.86. The summed E-state index contributed by atoms with van der Waals surface area (Å²) in [6, 6.07) is -0.103. The van der Waals surface area contributed by atoms with E-state index in [2.05, 4.69) is 36.3 Å². The van der Waals surface area contributed by atoms with Crippen LogP contribution in [-0.2, 0) is 4.74 Å². The van der Waals surface area contributed by atoms with Gasteiger partial charge in [-0.1, -0.05) is 6.92 Å². The number of ether oxygens (including phenoxy) is 1. The Morgan fingerprint density at radius 2 is 1.89 bits per heavy atom. The van der Waals surface area contributed by atoms with Crippen molar-refractivity contribution in [2.24, 2.45) is 0 Å². The molecule has 5 nitrogen and oxygen atoms in total. The Bertz CT molecular complexity index is 271. The van der Waals surface area contributed by atoms with Crippen molar-refractivity contribution in [3.63, 3.8) is 0 Å². The van der Waals surface area contributed by atoms with Crippen LogP contribution >= 0.6 is 0 Å². The second-order valence-electron chi connectivity index (χ2n) is 5.82. The van der Waals surface area contributed by atoms with Gasteiger partial charge < -0.3 is 15.4 Å². The summed E-state index contributed by atoms with van der Waals surface area (Å²) in [7, 11) is 0. The second kappa shape index (κ2) is 6.38. The Balaban J connectivity index is 2.30. The molecule has 0 bridgehead atoms. The van der Waals surface area contributed by atoms with E-state index in [9.17, 15) is 4.79 Å². The third-order valence-electron chi connectivity index (χ3n) is 3.29. The lowest BCUT2D eigenvalue weighted by molar-refractivity contribution is -0.0690. The van der Waals surface area contributed by atoms with E-state index >= 15 is 0 Å². The van der Waals surface area contributed by atoms with Crippen molar-refractivity contribution in [2.75, 3.05) is 19.8 Å². The molecule has 0 spiro atoms. The molecule has 2 unspecified atom stereocenters. The Labute approximate surface area is 110 Å². The molecule has 1 aliphatic rings. The van der Waals surface area contributed by atoms with E-state index in [0.29, 0.717) is 6.67 Å². The van der Waals surface area contributed by atoms with Gasteiger partial charge in [-0.15, -0.1) is 0 Å². The molecule has 0 saturated carbocycles.